The van der Waals surface area contributed by atoms with Gasteiger partial charge in [0.1, 0.15) is 18.3 Å². The number of ether oxygens (including phenoxy) is 1. The van der Waals surface area contributed by atoms with E-state index in [9.17, 15) is 19.6 Å². The highest BCUT2D eigenvalue weighted by atomic mass is 28.3. The van der Waals surface area contributed by atoms with Gasteiger partial charge in [-0.2, -0.15) is 5.26 Å². The number of carbonyl (C=O) groups excluding carboxylic acids is 2. The minimum Gasteiger partial charge on any atom is -0.497 e. The lowest BCUT2D eigenvalue weighted by Crippen LogP contribution is -2.40. The van der Waals surface area contributed by atoms with Gasteiger partial charge in [-0.25, -0.2) is 0 Å². The van der Waals surface area contributed by atoms with E-state index >= 15 is 0 Å². The molecule has 1 heterocycles. The number of pyridine rings is 1. The van der Waals surface area contributed by atoms with Gasteiger partial charge in [0.15, 0.2) is 11.2 Å². The number of amides is 1. The topological polar surface area (TPSA) is 101 Å². The molecule has 180 valence electrons. The molecule has 0 fully saturated rings. The second kappa shape index (κ2) is 11.0. The molecule has 35 heavy (non-hydrogen) atoms. The van der Waals surface area contributed by atoms with Crippen LogP contribution in [-0.4, -0.2) is 31.4 Å². The number of methoxy groups -OCH3 is 1. The summed E-state index contributed by atoms with van der Waals surface area (Å²) in [5.41, 5.74) is 1.80. The van der Waals surface area contributed by atoms with Crippen molar-refractivity contribution in [3.8, 4) is 11.8 Å². The van der Waals surface area contributed by atoms with Crippen LogP contribution >= 0.6 is 0 Å². The number of ketones is 1. The molecule has 2 aromatic carbocycles. The van der Waals surface area contributed by atoms with E-state index in [1.54, 1.807) is 42.0 Å². The Hall–Kier alpha value is -3.96. The van der Waals surface area contributed by atoms with Crippen molar-refractivity contribution in [1.82, 2.24) is 9.88 Å². The highest BCUT2D eigenvalue weighted by molar-refractivity contribution is 6.89. The van der Waals surface area contributed by atoms with Gasteiger partial charge < -0.3 is 14.6 Å². The Morgan fingerprint density at radius 3 is 2.29 bits per heavy atom. The number of hydrogen-bond acceptors (Lipinski definition) is 5. The first kappa shape index (κ1) is 25.7. The predicted molar refractivity (Wildman–Crippen MR) is 137 cm³/mol. The van der Waals surface area contributed by atoms with Crippen molar-refractivity contribution >= 4 is 25.0 Å². The lowest BCUT2D eigenvalue weighted by atomic mass is 9.96. The number of aromatic nitrogens is 1. The summed E-state index contributed by atoms with van der Waals surface area (Å²) in [6.45, 7) is 6.48. The molecule has 0 aliphatic rings. The van der Waals surface area contributed by atoms with E-state index in [0.29, 0.717) is 16.9 Å². The molecule has 0 aliphatic heterocycles. The second-order valence-electron chi connectivity index (χ2n) is 9.36. The smallest absolute Gasteiger partial charge is 0.240 e. The lowest BCUT2D eigenvalue weighted by molar-refractivity contribution is -0.128. The lowest BCUT2D eigenvalue weighted by Gasteiger charge is -2.21. The van der Waals surface area contributed by atoms with Gasteiger partial charge in [0.25, 0.3) is 0 Å². The summed E-state index contributed by atoms with van der Waals surface area (Å²) in [6.07, 6.45) is 3.11. The average molecular weight is 488 g/mol. The van der Waals surface area contributed by atoms with Crippen molar-refractivity contribution in [2.75, 3.05) is 7.11 Å². The van der Waals surface area contributed by atoms with E-state index in [0.717, 1.165) is 10.8 Å². The van der Waals surface area contributed by atoms with E-state index in [2.05, 4.69) is 31.0 Å². The molecule has 0 radical (unpaired) electrons. The van der Waals surface area contributed by atoms with Gasteiger partial charge in [-0.15, -0.1) is 0 Å². The molecule has 1 atom stereocenters. The third kappa shape index (κ3) is 6.77. The van der Waals surface area contributed by atoms with Crippen molar-refractivity contribution in [1.29, 1.82) is 5.26 Å². The number of hydrogen-bond donors (Lipinski definition) is 1. The minimum absolute atomic E-state index is 0.0380. The highest BCUT2D eigenvalue weighted by Gasteiger charge is 2.25. The Morgan fingerprint density at radius 1 is 1.06 bits per heavy atom. The number of nitrogens with zero attached hydrogens (tertiary/aromatic N) is 2. The van der Waals surface area contributed by atoms with E-state index in [-0.39, 0.29) is 30.1 Å². The molecule has 3 aromatic rings. The average Bonchev–Trinajstić information content (AvgIpc) is 2.83. The molecular formula is C27H29N3O4Si. The number of carbonyl (C=O) groups is 2. The number of rotatable bonds is 9. The van der Waals surface area contributed by atoms with Gasteiger partial charge in [0, 0.05) is 30.9 Å². The first-order valence-corrected chi connectivity index (χ1v) is 14.8. The Bertz CT molecular complexity index is 1300. The maximum Gasteiger partial charge on any atom is 0.240 e. The first-order chi connectivity index (χ1) is 16.6. The van der Waals surface area contributed by atoms with Gasteiger partial charge in [0.2, 0.25) is 5.91 Å². The van der Waals surface area contributed by atoms with Crippen molar-refractivity contribution < 1.29 is 14.3 Å². The van der Waals surface area contributed by atoms with E-state index in [4.69, 9.17) is 4.74 Å². The minimum atomic E-state index is -1.71. The van der Waals surface area contributed by atoms with Crippen molar-refractivity contribution in [2.24, 2.45) is 0 Å². The van der Waals surface area contributed by atoms with Crippen LogP contribution in [0.5, 0.6) is 5.75 Å². The summed E-state index contributed by atoms with van der Waals surface area (Å²) < 4.78 is 6.78. The third-order valence-corrected chi connectivity index (χ3v) is 7.71. The Morgan fingerprint density at radius 2 is 1.71 bits per heavy atom. The molecule has 1 aromatic heterocycles. The molecule has 0 spiro atoms. The SMILES string of the molecule is COc1ccc(C(NC(=O)Cn2ccc(=O)cc2)C(=O)Cc2ccc([Si](C)(C)C)c(C#N)c2)cc1. The Balaban J connectivity index is 1.85. The molecular weight excluding hydrogens is 458 g/mol. The Kier molecular flexibility index (Phi) is 8.05. The first-order valence-electron chi connectivity index (χ1n) is 11.3. The monoisotopic (exact) mass is 487 g/mol. The van der Waals surface area contributed by atoms with Gasteiger partial charge in [-0.3, -0.25) is 14.4 Å². The zero-order valence-corrected chi connectivity index (χ0v) is 21.4. The quantitative estimate of drug-likeness (QED) is 0.468. The molecule has 0 saturated heterocycles. The molecule has 0 saturated carbocycles. The standard InChI is InChI=1S/C27H29N3O4Si/c1-34-23-8-6-20(7-9-23)27(29-26(33)18-30-13-11-22(31)12-14-30)24(32)16-19-5-10-25(35(2,3)4)21(15-19)17-28/h5-15,27H,16,18H2,1-4H3,(H,29,33). The zero-order chi connectivity index (χ0) is 25.6. The fourth-order valence-corrected chi connectivity index (χ4v) is 5.34. The molecule has 1 N–H and O–H groups in total. The summed E-state index contributed by atoms with van der Waals surface area (Å²) >= 11 is 0. The summed E-state index contributed by atoms with van der Waals surface area (Å²) in [6, 6.07) is 16.7. The van der Waals surface area contributed by atoms with Crippen LogP contribution in [0.1, 0.15) is 22.7 Å². The Labute approximate surface area is 206 Å². The molecule has 3 rings (SSSR count). The van der Waals surface area contributed by atoms with Gasteiger partial charge in [-0.1, -0.05) is 43.9 Å². The van der Waals surface area contributed by atoms with Crippen LogP contribution in [0.4, 0.5) is 0 Å². The number of nitriles is 1. The van der Waals surface area contributed by atoms with Crippen LogP contribution in [0, 0.1) is 11.3 Å². The van der Waals surface area contributed by atoms with Gasteiger partial charge in [-0.05, 0) is 34.5 Å². The number of benzene rings is 2. The molecule has 7 nitrogen and oxygen atoms in total. The fourth-order valence-electron chi connectivity index (χ4n) is 3.82. The van der Waals surface area contributed by atoms with Crippen LogP contribution < -0.4 is 20.7 Å². The third-order valence-electron chi connectivity index (χ3n) is 5.65. The maximum absolute atomic E-state index is 13.4. The summed E-state index contributed by atoms with van der Waals surface area (Å²) in [7, 11) is -0.150. The predicted octanol–water partition coefficient (Wildman–Crippen LogP) is 2.94. The summed E-state index contributed by atoms with van der Waals surface area (Å²) in [5.74, 6) is 0.0720. The van der Waals surface area contributed by atoms with Crippen LogP contribution in [-0.2, 0) is 22.6 Å². The van der Waals surface area contributed by atoms with Crippen molar-refractivity contribution in [3.05, 3.63) is 93.9 Å². The molecule has 0 bridgehead atoms. The van der Waals surface area contributed by atoms with E-state index in [1.807, 2.05) is 12.1 Å². The van der Waals surface area contributed by atoms with Gasteiger partial charge >= 0.3 is 0 Å². The summed E-state index contributed by atoms with van der Waals surface area (Å²) in [4.78, 5) is 37.5. The van der Waals surface area contributed by atoms with E-state index < -0.39 is 14.1 Å². The van der Waals surface area contributed by atoms with Crippen LogP contribution in [0.3, 0.4) is 0 Å². The van der Waals surface area contributed by atoms with E-state index in [1.165, 1.54) is 24.5 Å². The van der Waals surface area contributed by atoms with Crippen LogP contribution in [0.2, 0.25) is 19.6 Å². The second-order valence-corrected chi connectivity index (χ2v) is 14.4. The molecule has 8 heteroatoms. The van der Waals surface area contributed by atoms with Crippen LogP contribution in [0.25, 0.3) is 0 Å². The fraction of sp³-hybridized carbons (Fsp3) is 0.259. The molecule has 1 amide bonds. The normalized spacial score (nSPS) is 11.9. The van der Waals surface area contributed by atoms with Crippen molar-refractivity contribution in [2.45, 2.75) is 38.6 Å². The molecule has 1 unspecified atom stereocenters. The summed E-state index contributed by atoms with van der Waals surface area (Å²) in [5, 5.41) is 13.5. The van der Waals surface area contributed by atoms with Crippen LogP contribution in [0.15, 0.2) is 71.8 Å². The van der Waals surface area contributed by atoms with Crippen molar-refractivity contribution in [3.63, 3.8) is 0 Å². The zero-order valence-electron chi connectivity index (χ0n) is 20.4. The largest absolute Gasteiger partial charge is 0.497 e. The molecule has 0 aliphatic carbocycles. The number of Topliss-reactive ketones (excluding diaryl/α,β-unsaturated/α-hetero) is 1. The number of nitrogens with one attached hydrogen (secondary N) is 1. The van der Waals surface area contributed by atoms with Gasteiger partial charge in [0.05, 0.1) is 26.8 Å². The highest BCUT2D eigenvalue weighted by Crippen LogP contribution is 2.21. The maximum atomic E-state index is 13.4.